The number of thioether (sulfide) groups is 1. The van der Waals surface area contributed by atoms with E-state index < -0.39 is 24.4 Å². The van der Waals surface area contributed by atoms with Crippen LogP contribution in [0.25, 0.3) is 6.08 Å². The predicted octanol–water partition coefficient (Wildman–Crippen LogP) is 3.80. The Labute approximate surface area is 195 Å². The summed E-state index contributed by atoms with van der Waals surface area (Å²) in [5.74, 6) is -1.59. The highest BCUT2D eigenvalue weighted by Crippen LogP contribution is 2.35. The van der Waals surface area contributed by atoms with Crippen LogP contribution in [0, 0.1) is 3.57 Å². The Balaban J connectivity index is 1.82. The van der Waals surface area contributed by atoms with Crippen LogP contribution in [0.1, 0.15) is 15.9 Å². The molecular formula is C20H14INO6S2. The molecule has 0 bridgehead atoms. The number of carboxylic acid groups (broad SMARTS) is 1. The van der Waals surface area contributed by atoms with Crippen molar-refractivity contribution in [2.75, 3.05) is 13.7 Å². The molecule has 1 heterocycles. The van der Waals surface area contributed by atoms with E-state index in [0.29, 0.717) is 21.8 Å². The lowest BCUT2D eigenvalue weighted by molar-refractivity contribution is -0.140. The maximum Gasteiger partial charge on any atom is 0.344 e. The van der Waals surface area contributed by atoms with Crippen LogP contribution < -0.4 is 9.47 Å². The van der Waals surface area contributed by atoms with Crippen molar-refractivity contribution in [2.45, 2.75) is 0 Å². The number of benzene rings is 2. The molecule has 2 aromatic rings. The molecule has 10 heteroatoms. The molecule has 0 atom stereocenters. The summed E-state index contributed by atoms with van der Waals surface area (Å²) in [6.07, 6.45) is 1.58. The van der Waals surface area contributed by atoms with E-state index in [2.05, 4.69) is 22.6 Å². The third kappa shape index (κ3) is 4.99. The quantitative estimate of drug-likeness (QED) is 0.189. The standard InChI is InChI=1S/C20H14INO6S2/c1-27-15-8-11(9-16-18(25)22(10-17(23)24)20(29)30-16)6-7-14(15)28-19(26)12-4-2-3-5-13(12)21/h2-9H,10H2,1H3,(H,23,24). The molecule has 7 nitrogen and oxygen atoms in total. The van der Waals surface area contributed by atoms with Crippen molar-refractivity contribution >= 4 is 74.8 Å². The van der Waals surface area contributed by atoms with Gasteiger partial charge in [0.25, 0.3) is 5.91 Å². The number of rotatable bonds is 6. The summed E-state index contributed by atoms with van der Waals surface area (Å²) in [6.45, 7) is -0.488. The second-order valence-electron chi connectivity index (χ2n) is 5.94. The van der Waals surface area contributed by atoms with Crippen LogP contribution in [0.2, 0.25) is 0 Å². The summed E-state index contributed by atoms with van der Waals surface area (Å²) >= 11 is 8.16. The number of amides is 1. The summed E-state index contributed by atoms with van der Waals surface area (Å²) in [7, 11) is 1.44. The molecule has 2 aromatic carbocycles. The number of esters is 1. The smallest absolute Gasteiger partial charge is 0.344 e. The number of hydrogen-bond donors (Lipinski definition) is 1. The van der Waals surface area contributed by atoms with Gasteiger partial charge in [0.15, 0.2) is 11.5 Å². The fourth-order valence-electron chi connectivity index (χ4n) is 2.56. The third-order valence-corrected chi connectivity index (χ3v) is 6.27. The number of aliphatic carboxylic acids is 1. The van der Waals surface area contributed by atoms with Crippen LogP contribution in [0.4, 0.5) is 0 Å². The minimum Gasteiger partial charge on any atom is -0.493 e. The second kappa shape index (κ2) is 9.58. The Morgan fingerprint density at radius 1 is 1.23 bits per heavy atom. The molecule has 1 fully saturated rings. The number of ether oxygens (including phenoxy) is 2. The van der Waals surface area contributed by atoms with E-state index in [4.69, 9.17) is 26.8 Å². The van der Waals surface area contributed by atoms with Crippen LogP contribution in [-0.2, 0) is 9.59 Å². The predicted molar refractivity (Wildman–Crippen MR) is 125 cm³/mol. The fraction of sp³-hybridized carbons (Fsp3) is 0.100. The highest BCUT2D eigenvalue weighted by Gasteiger charge is 2.33. The molecule has 1 saturated heterocycles. The number of carboxylic acids is 1. The Hall–Kier alpha value is -2.44. The van der Waals surface area contributed by atoms with Gasteiger partial charge in [0.1, 0.15) is 10.9 Å². The first-order valence-electron chi connectivity index (χ1n) is 8.42. The average molecular weight is 555 g/mol. The normalized spacial score (nSPS) is 14.9. The number of halogens is 1. The lowest BCUT2D eigenvalue weighted by Crippen LogP contribution is -2.33. The van der Waals surface area contributed by atoms with Gasteiger partial charge < -0.3 is 14.6 Å². The average Bonchev–Trinajstić information content (AvgIpc) is 2.96. The molecular weight excluding hydrogens is 541 g/mol. The van der Waals surface area contributed by atoms with E-state index in [1.165, 1.54) is 7.11 Å². The van der Waals surface area contributed by atoms with E-state index >= 15 is 0 Å². The minimum absolute atomic E-state index is 0.184. The zero-order valence-electron chi connectivity index (χ0n) is 15.5. The summed E-state index contributed by atoms with van der Waals surface area (Å²) in [4.78, 5) is 37.1. The molecule has 3 rings (SSSR count). The van der Waals surface area contributed by atoms with Crippen molar-refractivity contribution in [3.63, 3.8) is 0 Å². The SMILES string of the molecule is COc1cc(C=C2SC(=S)N(CC(=O)O)C2=O)ccc1OC(=O)c1ccccc1I. The fourth-order valence-corrected chi connectivity index (χ4v) is 4.43. The molecule has 0 saturated carbocycles. The first-order valence-corrected chi connectivity index (χ1v) is 10.7. The largest absolute Gasteiger partial charge is 0.493 e. The zero-order chi connectivity index (χ0) is 21.8. The maximum atomic E-state index is 12.5. The zero-order valence-corrected chi connectivity index (χ0v) is 19.2. The number of carbonyl (C=O) groups excluding carboxylic acids is 2. The van der Waals surface area contributed by atoms with E-state index in [1.54, 1.807) is 42.5 Å². The molecule has 154 valence electrons. The van der Waals surface area contributed by atoms with Crippen molar-refractivity contribution in [1.29, 1.82) is 0 Å². The van der Waals surface area contributed by atoms with Crippen LogP contribution >= 0.6 is 46.6 Å². The van der Waals surface area contributed by atoms with E-state index in [0.717, 1.165) is 20.2 Å². The molecule has 1 aliphatic rings. The van der Waals surface area contributed by atoms with Crippen molar-refractivity contribution < 1.29 is 29.0 Å². The molecule has 0 aromatic heterocycles. The lowest BCUT2D eigenvalue weighted by atomic mass is 10.1. The third-order valence-electron chi connectivity index (χ3n) is 3.95. The van der Waals surface area contributed by atoms with E-state index in [9.17, 15) is 14.4 Å². The molecule has 0 radical (unpaired) electrons. The van der Waals surface area contributed by atoms with Crippen molar-refractivity contribution in [3.05, 3.63) is 62.1 Å². The van der Waals surface area contributed by atoms with Gasteiger partial charge in [-0.3, -0.25) is 14.5 Å². The lowest BCUT2D eigenvalue weighted by Gasteiger charge is -2.11. The summed E-state index contributed by atoms with van der Waals surface area (Å²) in [5.41, 5.74) is 1.04. The molecule has 1 N–H and O–H groups in total. The van der Waals surface area contributed by atoms with Gasteiger partial charge in [-0.2, -0.15) is 0 Å². The number of methoxy groups -OCH3 is 1. The molecule has 30 heavy (non-hydrogen) atoms. The first-order chi connectivity index (χ1) is 14.3. The highest BCUT2D eigenvalue weighted by molar-refractivity contribution is 14.1. The number of nitrogens with zero attached hydrogens (tertiary/aromatic N) is 1. The number of thiocarbonyl (C=S) groups is 1. The van der Waals surface area contributed by atoms with Crippen molar-refractivity contribution in [2.24, 2.45) is 0 Å². The van der Waals surface area contributed by atoms with Gasteiger partial charge in [0.2, 0.25) is 0 Å². The Morgan fingerprint density at radius 2 is 1.97 bits per heavy atom. The maximum absolute atomic E-state index is 12.5. The first kappa shape index (κ1) is 22.2. The van der Waals surface area contributed by atoms with Crippen LogP contribution in [0.3, 0.4) is 0 Å². The van der Waals surface area contributed by atoms with Gasteiger partial charge in [0.05, 0.1) is 17.6 Å². The van der Waals surface area contributed by atoms with Gasteiger partial charge >= 0.3 is 11.9 Å². The van der Waals surface area contributed by atoms with Crippen molar-refractivity contribution in [3.8, 4) is 11.5 Å². The van der Waals surface area contributed by atoms with Crippen LogP contribution in [-0.4, -0.2) is 45.8 Å². The van der Waals surface area contributed by atoms with E-state index in [-0.39, 0.29) is 10.1 Å². The highest BCUT2D eigenvalue weighted by atomic mass is 127. The van der Waals surface area contributed by atoms with Gasteiger partial charge in [-0.1, -0.05) is 42.2 Å². The molecule has 0 unspecified atom stereocenters. The topological polar surface area (TPSA) is 93.1 Å². The Bertz CT molecular complexity index is 1080. The molecule has 0 spiro atoms. The van der Waals surface area contributed by atoms with Gasteiger partial charge in [-0.15, -0.1) is 0 Å². The van der Waals surface area contributed by atoms with Gasteiger partial charge in [0, 0.05) is 3.57 Å². The summed E-state index contributed by atoms with van der Waals surface area (Å²) in [6, 6.07) is 11.9. The Kier molecular flexibility index (Phi) is 7.10. The van der Waals surface area contributed by atoms with Gasteiger partial charge in [-0.05, 0) is 58.5 Å². The van der Waals surface area contributed by atoms with Crippen LogP contribution in [0.15, 0.2) is 47.4 Å². The van der Waals surface area contributed by atoms with Gasteiger partial charge in [-0.25, -0.2) is 4.79 Å². The monoisotopic (exact) mass is 555 g/mol. The molecule has 1 amide bonds. The molecule has 1 aliphatic heterocycles. The van der Waals surface area contributed by atoms with Crippen molar-refractivity contribution in [1.82, 2.24) is 4.90 Å². The summed E-state index contributed by atoms with van der Waals surface area (Å²) < 4.78 is 11.7. The summed E-state index contributed by atoms with van der Waals surface area (Å²) in [5, 5.41) is 8.92. The van der Waals surface area contributed by atoms with E-state index in [1.807, 2.05) is 6.07 Å². The van der Waals surface area contributed by atoms with Crippen LogP contribution in [0.5, 0.6) is 11.5 Å². The minimum atomic E-state index is -1.14. The number of carbonyl (C=O) groups is 3. The molecule has 0 aliphatic carbocycles. The number of hydrogen-bond acceptors (Lipinski definition) is 7. The Morgan fingerprint density at radius 3 is 2.63 bits per heavy atom. The second-order valence-corrected chi connectivity index (χ2v) is 8.78.